The molecule has 0 spiro atoms. The number of amides is 2. The molecule has 2 aromatic rings. The lowest BCUT2D eigenvalue weighted by Gasteiger charge is -2.32. The van der Waals surface area contributed by atoms with E-state index in [4.69, 9.17) is 0 Å². The molecule has 0 N–H and O–H groups in total. The van der Waals surface area contributed by atoms with Gasteiger partial charge in [0.15, 0.2) is 0 Å². The molecule has 2 aliphatic heterocycles. The maximum absolute atomic E-state index is 13.0. The second kappa shape index (κ2) is 7.09. The Bertz CT molecular complexity index is 858. The van der Waals surface area contributed by atoms with Gasteiger partial charge in [-0.3, -0.25) is 9.59 Å². The number of carbonyl (C=O) groups is 2. The van der Waals surface area contributed by atoms with Gasteiger partial charge in [0, 0.05) is 69.7 Å². The smallest absolute Gasteiger partial charge is 0.270 e. The normalized spacial score (nSPS) is 24.2. The number of likely N-dealkylation sites (tertiary alicyclic amines) is 2. The molecule has 28 heavy (non-hydrogen) atoms. The van der Waals surface area contributed by atoms with E-state index in [2.05, 4.69) is 24.0 Å². The fourth-order valence-corrected chi connectivity index (χ4v) is 4.86. The molecule has 0 aromatic carbocycles. The Morgan fingerprint density at radius 1 is 1.21 bits per heavy atom. The average Bonchev–Trinajstić information content (AvgIpc) is 3.37. The maximum Gasteiger partial charge on any atom is 0.270 e. The van der Waals surface area contributed by atoms with Gasteiger partial charge in [-0.1, -0.05) is 0 Å². The summed E-state index contributed by atoms with van der Waals surface area (Å²) < 4.78 is 3.68. The number of nitrogens with zero attached hydrogens (tertiary/aromatic N) is 6. The summed E-state index contributed by atoms with van der Waals surface area (Å²) >= 11 is 0. The third-order valence-corrected chi connectivity index (χ3v) is 6.07. The van der Waals surface area contributed by atoms with E-state index >= 15 is 0 Å². The summed E-state index contributed by atoms with van der Waals surface area (Å²) in [5, 5.41) is 0. The number of aryl methyl sites for hydroxylation is 1. The molecule has 0 saturated carbocycles. The lowest BCUT2D eigenvalue weighted by atomic mass is 9.80. The lowest BCUT2D eigenvalue weighted by molar-refractivity contribution is -0.131. The first kappa shape index (κ1) is 18.7. The van der Waals surface area contributed by atoms with Crippen LogP contribution in [-0.4, -0.2) is 87.5 Å². The number of aromatic nitrogens is 3. The summed E-state index contributed by atoms with van der Waals surface area (Å²) in [4.78, 5) is 35.9. The molecule has 2 fully saturated rings. The molecule has 2 atom stereocenters. The summed E-state index contributed by atoms with van der Waals surface area (Å²) in [6.45, 7) is 3.97. The number of fused-ring (bicyclic) bond motifs is 1. The van der Waals surface area contributed by atoms with Crippen LogP contribution in [0.4, 0.5) is 0 Å². The first-order valence-electron chi connectivity index (χ1n) is 9.67. The fourth-order valence-electron chi connectivity index (χ4n) is 4.86. The molecule has 150 valence electrons. The van der Waals surface area contributed by atoms with E-state index in [-0.39, 0.29) is 17.2 Å². The van der Waals surface area contributed by atoms with Crippen LogP contribution in [0.1, 0.15) is 10.5 Å². The zero-order chi connectivity index (χ0) is 19.9. The van der Waals surface area contributed by atoms with Gasteiger partial charge in [0.25, 0.3) is 5.91 Å². The number of carbonyl (C=O) groups excluding carboxylic acids is 2. The van der Waals surface area contributed by atoms with Crippen LogP contribution in [0.2, 0.25) is 0 Å². The largest absolute Gasteiger partial charge is 0.347 e. The third-order valence-electron chi connectivity index (χ3n) is 6.07. The van der Waals surface area contributed by atoms with E-state index in [1.165, 1.54) is 0 Å². The molecule has 0 unspecified atom stereocenters. The SMILES string of the molecule is CN(C)C[C@@]12CN(C(=O)Cn3ccnc3)C[C@@H]1CN(C(=O)c1cccn1C)C2. The van der Waals surface area contributed by atoms with Gasteiger partial charge in [0.2, 0.25) is 5.91 Å². The standard InChI is InChI=1S/C20H28N6O2/c1-22(2)12-20-13-25(18(27)11-24-8-6-21-15-24)9-16(20)10-26(14-20)19(28)17-5-4-7-23(17)3/h4-8,15-16H,9-14H2,1-3H3/t16-,20+/m1/s1. The van der Waals surface area contributed by atoms with Crippen molar-refractivity contribution in [1.82, 2.24) is 28.8 Å². The van der Waals surface area contributed by atoms with E-state index in [1.807, 2.05) is 45.9 Å². The molecule has 2 saturated heterocycles. The van der Waals surface area contributed by atoms with Crippen LogP contribution in [0.25, 0.3) is 0 Å². The first-order valence-corrected chi connectivity index (χ1v) is 9.67. The molecule has 4 heterocycles. The molecular weight excluding hydrogens is 356 g/mol. The van der Waals surface area contributed by atoms with Crippen molar-refractivity contribution in [3.63, 3.8) is 0 Å². The zero-order valence-corrected chi connectivity index (χ0v) is 16.8. The summed E-state index contributed by atoms with van der Waals surface area (Å²) in [6.07, 6.45) is 7.07. The van der Waals surface area contributed by atoms with E-state index in [9.17, 15) is 9.59 Å². The van der Waals surface area contributed by atoms with E-state index in [0.717, 1.165) is 6.54 Å². The Hall–Kier alpha value is -2.61. The minimum atomic E-state index is -0.0745. The molecule has 0 radical (unpaired) electrons. The minimum absolute atomic E-state index is 0.0745. The lowest BCUT2D eigenvalue weighted by Crippen LogP contribution is -2.44. The van der Waals surface area contributed by atoms with Crippen LogP contribution in [0.3, 0.4) is 0 Å². The van der Waals surface area contributed by atoms with Crippen molar-refractivity contribution in [1.29, 1.82) is 0 Å². The van der Waals surface area contributed by atoms with E-state index in [0.29, 0.717) is 44.3 Å². The average molecular weight is 384 g/mol. The minimum Gasteiger partial charge on any atom is -0.347 e. The van der Waals surface area contributed by atoms with Crippen LogP contribution < -0.4 is 0 Å². The van der Waals surface area contributed by atoms with Crippen molar-refractivity contribution in [3.8, 4) is 0 Å². The Morgan fingerprint density at radius 3 is 2.61 bits per heavy atom. The van der Waals surface area contributed by atoms with Crippen molar-refractivity contribution in [3.05, 3.63) is 42.7 Å². The highest BCUT2D eigenvalue weighted by molar-refractivity contribution is 5.93. The number of imidazole rings is 1. The summed E-state index contributed by atoms with van der Waals surface area (Å²) in [6, 6.07) is 3.77. The molecule has 8 heteroatoms. The second-order valence-corrected chi connectivity index (χ2v) is 8.50. The fraction of sp³-hybridized carbons (Fsp3) is 0.550. The van der Waals surface area contributed by atoms with Gasteiger partial charge in [0.05, 0.1) is 6.33 Å². The number of rotatable bonds is 5. The Balaban J connectivity index is 1.50. The maximum atomic E-state index is 13.0. The van der Waals surface area contributed by atoms with Crippen LogP contribution in [0, 0.1) is 11.3 Å². The van der Waals surface area contributed by atoms with Gasteiger partial charge >= 0.3 is 0 Å². The van der Waals surface area contributed by atoms with Gasteiger partial charge in [0.1, 0.15) is 12.2 Å². The van der Waals surface area contributed by atoms with E-state index in [1.54, 1.807) is 17.1 Å². The molecule has 0 aliphatic carbocycles. The number of hydrogen-bond donors (Lipinski definition) is 0. The summed E-state index contributed by atoms with van der Waals surface area (Å²) in [5.41, 5.74) is 0.641. The molecule has 2 aliphatic rings. The Labute approximate surface area is 165 Å². The quantitative estimate of drug-likeness (QED) is 0.748. The van der Waals surface area contributed by atoms with Crippen molar-refractivity contribution in [2.45, 2.75) is 6.54 Å². The Kier molecular flexibility index (Phi) is 4.74. The van der Waals surface area contributed by atoms with Gasteiger partial charge < -0.3 is 23.8 Å². The van der Waals surface area contributed by atoms with Crippen molar-refractivity contribution in [2.24, 2.45) is 18.4 Å². The van der Waals surface area contributed by atoms with Gasteiger partial charge in [-0.05, 0) is 26.2 Å². The second-order valence-electron chi connectivity index (χ2n) is 8.50. The zero-order valence-electron chi connectivity index (χ0n) is 16.8. The summed E-state index contributed by atoms with van der Waals surface area (Å²) in [7, 11) is 6.02. The third kappa shape index (κ3) is 3.32. The molecular formula is C20H28N6O2. The molecule has 2 amide bonds. The van der Waals surface area contributed by atoms with Crippen LogP contribution in [0.5, 0.6) is 0 Å². The predicted octanol–water partition coefficient (Wildman–Crippen LogP) is 0.384. The van der Waals surface area contributed by atoms with Crippen molar-refractivity contribution in [2.75, 3.05) is 46.8 Å². The number of hydrogen-bond acceptors (Lipinski definition) is 4. The molecule has 8 nitrogen and oxygen atoms in total. The van der Waals surface area contributed by atoms with Crippen LogP contribution >= 0.6 is 0 Å². The van der Waals surface area contributed by atoms with Gasteiger partial charge in [-0.15, -0.1) is 0 Å². The molecule has 4 rings (SSSR count). The molecule has 2 aromatic heterocycles. The first-order chi connectivity index (χ1) is 13.4. The topological polar surface area (TPSA) is 66.6 Å². The highest BCUT2D eigenvalue weighted by Gasteiger charge is 2.54. The van der Waals surface area contributed by atoms with Crippen LogP contribution in [-0.2, 0) is 18.4 Å². The predicted molar refractivity (Wildman–Crippen MR) is 105 cm³/mol. The van der Waals surface area contributed by atoms with Gasteiger partial charge in [-0.25, -0.2) is 4.98 Å². The Morgan fingerprint density at radius 2 is 1.96 bits per heavy atom. The highest BCUT2D eigenvalue weighted by Crippen LogP contribution is 2.43. The summed E-state index contributed by atoms with van der Waals surface area (Å²) in [5.74, 6) is 0.494. The van der Waals surface area contributed by atoms with E-state index < -0.39 is 0 Å². The molecule has 0 bridgehead atoms. The highest BCUT2D eigenvalue weighted by atomic mass is 16.2. The van der Waals surface area contributed by atoms with Crippen molar-refractivity contribution >= 4 is 11.8 Å². The van der Waals surface area contributed by atoms with Crippen LogP contribution in [0.15, 0.2) is 37.1 Å². The van der Waals surface area contributed by atoms with Gasteiger partial charge in [-0.2, -0.15) is 0 Å². The monoisotopic (exact) mass is 384 g/mol. The van der Waals surface area contributed by atoms with Crippen molar-refractivity contribution < 1.29 is 9.59 Å².